The molecule has 0 radical (unpaired) electrons. The van der Waals surface area contributed by atoms with Crippen LogP contribution in [0.1, 0.15) is 65.2 Å². The van der Waals surface area contributed by atoms with Gasteiger partial charge in [-0.05, 0) is 86.0 Å². The van der Waals surface area contributed by atoms with Gasteiger partial charge in [0.05, 0.1) is 24.4 Å². The van der Waals surface area contributed by atoms with E-state index in [0.29, 0.717) is 25.2 Å². The number of esters is 1. The number of aliphatic hydroxyl groups is 6. The Labute approximate surface area is 229 Å². The Kier molecular flexibility index (Phi) is 6.99. The lowest BCUT2D eigenvalue weighted by molar-refractivity contribution is -0.317. The van der Waals surface area contributed by atoms with Crippen LogP contribution in [-0.4, -0.2) is 98.3 Å². The van der Waals surface area contributed by atoms with Crippen LogP contribution in [0, 0.1) is 34.5 Å². The lowest BCUT2D eigenvalue weighted by atomic mass is 9.42. The van der Waals surface area contributed by atoms with E-state index in [1.54, 1.807) is 6.08 Å². The molecule has 6 rings (SSSR count). The second-order valence-electron chi connectivity index (χ2n) is 13.6. The maximum atomic E-state index is 12.4. The summed E-state index contributed by atoms with van der Waals surface area (Å²) in [5, 5.41) is 64.3. The molecule has 10 heteroatoms. The van der Waals surface area contributed by atoms with Gasteiger partial charge in [0.1, 0.15) is 31.0 Å². The molecular formula is C29H44O10. The van der Waals surface area contributed by atoms with Crippen LogP contribution in [0.3, 0.4) is 0 Å². The van der Waals surface area contributed by atoms with E-state index in [4.69, 9.17) is 14.2 Å². The highest BCUT2D eigenvalue weighted by atomic mass is 16.7. The predicted octanol–water partition coefficient (Wildman–Crippen LogP) is 0.399. The highest BCUT2D eigenvalue weighted by molar-refractivity contribution is 5.85. The number of fused-ring (bicyclic) bond motifs is 5. The fraction of sp³-hybridized carbons (Fsp3) is 0.897. The summed E-state index contributed by atoms with van der Waals surface area (Å²) < 4.78 is 16.9. The molecule has 4 aliphatic carbocycles. The SMILES string of the molecule is C[C@]12[C@H](O)CC3C(CC[C@@H]4C[C@@H](O[C@@H]5O[C@H](CO)[C@H](O)[C@H](O)[C@H]5O)CC[C@]34C)[C@@]1(O)CC[C@@H]2C1=CC(=O)OC1. The van der Waals surface area contributed by atoms with Crippen molar-refractivity contribution in [2.45, 2.75) is 114 Å². The Morgan fingerprint density at radius 3 is 2.44 bits per heavy atom. The molecule has 2 heterocycles. The minimum Gasteiger partial charge on any atom is -0.458 e. The first-order valence-corrected chi connectivity index (χ1v) is 14.7. The Hall–Kier alpha value is -1.11. The van der Waals surface area contributed by atoms with Gasteiger partial charge in [0.2, 0.25) is 0 Å². The Morgan fingerprint density at radius 1 is 0.974 bits per heavy atom. The molecule has 0 bridgehead atoms. The van der Waals surface area contributed by atoms with Gasteiger partial charge in [-0.15, -0.1) is 0 Å². The molecule has 0 aromatic carbocycles. The molecule has 39 heavy (non-hydrogen) atoms. The van der Waals surface area contributed by atoms with Crippen LogP contribution in [0.15, 0.2) is 11.6 Å². The standard InChI is InChI=1S/C29H44O10/c1-27-7-5-16(38-26-25(35)24(34)23(33)20(12-30)39-26)10-15(27)3-4-18-19(27)11-21(31)28(2)17(6-8-29(18,28)36)14-9-22(32)37-13-14/h9,15-21,23-26,30-31,33-36H,3-8,10-13H2,1-2H3/t15-,16+,17-,18?,19?,20-,21-,23+,24+,25-,26-,27+,28+,29+/m1/s1. The van der Waals surface area contributed by atoms with E-state index in [1.807, 2.05) is 6.92 Å². The quantitative estimate of drug-likeness (QED) is 0.212. The molecule has 1 saturated heterocycles. The summed E-state index contributed by atoms with van der Waals surface area (Å²) in [6.45, 7) is 4.04. The summed E-state index contributed by atoms with van der Waals surface area (Å²) in [7, 11) is 0. The van der Waals surface area contributed by atoms with Gasteiger partial charge in [-0.25, -0.2) is 4.79 Å². The van der Waals surface area contributed by atoms with Gasteiger partial charge in [-0.2, -0.15) is 0 Å². The fourth-order valence-electron chi connectivity index (χ4n) is 9.84. The zero-order valence-electron chi connectivity index (χ0n) is 22.8. The number of ether oxygens (including phenoxy) is 3. The van der Waals surface area contributed by atoms with E-state index in [2.05, 4.69) is 6.92 Å². The minimum atomic E-state index is -1.47. The van der Waals surface area contributed by atoms with Crippen LogP contribution in [0.25, 0.3) is 0 Å². The highest BCUT2D eigenvalue weighted by Crippen LogP contribution is 2.70. The second kappa shape index (κ2) is 9.73. The molecule has 4 saturated carbocycles. The van der Waals surface area contributed by atoms with Crippen LogP contribution < -0.4 is 0 Å². The van der Waals surface area contributed by atoms with E-state index in [-0.39, 0.29) is 41.8 Å². The Balaban J connectivity index is 1.18. The number of cyclic esters (lactones) is 1. The molecule has 2 unspecified atom stereocenters. The molecule has 0 spiro atoms. The van der Waals surface area contributed by atoms with E-state index in [1.165, 1.54) is 0 Å². The molecule has 0 aromatic rings. The zero-order valence-corrected chi connectivity index (χ0v) is 22.8. The zero-order chi connectivity index (χ0) is 27.9. The van der Waals surface area contributed by atoms with Crippen LogP contribution in [-0.2, 0) is 19.0 Å². The van der Waals surface area contributed by atoms with Crippen molar-refractivity contribution < 1.29 is 49.6 Å². The average Bonchev–Trinajstić information content (AvgIpc) is 3.46. The van der Waals surface area contributed by atoms with E-state index < -0.39 is 54.4 Å². The van der Waals surface area contributed by atoms with Crippen LogP contribution in [0.4, 0.5) is 0 Å². The molecule has 220 valence electrons. The van der Waals surface area contributed by atoms with E-state index in [9.17, 15) is 35.4 Å². The lowest BCUT2D eigenvalue weighted by Crippen LogP contribution is -2.67. The Morgan fingerprint density at radius 2 is 1.74 bits per heavy atom. The summed E-state index contributed by atoms with van der Waals surface area (Å²) in [5.41, 5.74) is -0.966. The molecule has 0 amide bonds. The van der Waals surface area contributed by atoms with Crippen molar-refractivity contribution in [1.29, 1.82) is 0 Å². The average molecular weight is 553 g/mol. The van der Waals surface area contributed by atoms with Gasteiger partial charge < -0.3 is 44.8 Å². The van der Waals surface area contributed by atoms with Gasteiger partial charge in [0.15, 0.2) is 6.29 Å². The molecule has 5 fully saturated rings. The second-order valence-corrected chi connectivity index (χ2v) is 13.6. The smallest absolute Gasteiger partial charge is 0.331 e. The maximum Gasteiger partial charge on any atom is 0.331 e. The lowest BCUT2D eigenvalue weighted by Gasteiger charge is -2.65. The number of carbonyl (C=O) groups excluding carboxylic acids is 1. The molecule has 6 aliphatic rings. The molecule has 14 atom stereocenters. The van der Waals surface area contributed by atoms with E-state index >= 15 is 0 Å². The largest absolute Gasteiger partial charge is 0.458 e. The number of carbonyl (C=O) groups is 1. The van der Waals surface area contributed by atoms with Crippen molar-refractivity contribution in [1.82, 2.24) is 0 Å². The summed E-state index contributed by atoms with van der Waals surface area (Å²) in [6, 6.07) is 0. The van der Waals surface area contributed by atoms with Crippen molar-refractivity contribution >= 4 is 5.97 Å². The van der Waals surface area contributed by atoms with Crippen molar-refractivity contribution in [2.75, 3.05) is 13.2 Å². The topological polar surface area (TPSA) is 166 Å². The Bertz CT molecular complexity index is 1000. The van der Waals surface area contributed by atoms with Gasteiger partial charge >= 0.3 is 5.97 Å². The predicted molar refractivity (Wildman–Crippen MR) is 136 cm³/mol. The maximum absolute atomic E-state index is 12.4. The molecular weight excluding hydrogens is 508 g/mol. The number of hydrogen-bond donors (Lipinski definition) is 6. The van der Waals surface area contributed by atoms with Crippen LogP contribution >= 0.6 is 0 Å². The molecule has 6 N–H and O–H groups in total. The first kappa shape index (κ1) is 28.0. The number of rotatable bonds is 4. The fourth-order valence-corrected chi connectivity index (χ4v) is 9.84. The summed E-state index contributed by atoms with van der Waals surface area (Å²) in [5.74, 6) is 0.0646. The van der Waals surface area contributed by atoms with Gasteiger partial charge in [-0.3, -0.25) is 0 Å². The van der Waals surface area contributed by atoms with Crippen molar-refractivity contribution in [3.63, 3.8) is 0 Å². The number of hydrogen-bond acceptors (Lipinski definition) is 10. The van der Waals surface area contributed by atoms with Crippen LogP contribution in [0.2, 0.25) is 0 Å². The normalized spacial score (nSPS) is 55.3. The van der Waals surface area contributed by atoms with Crippen molar-refractivity contribution in [3.05, 3.63) is 11.6 Å². The van der Waals surface area contributed by atoms with E-state index in [0.717, 1.165) is 37.7 Å². The monoisotopic (exact) mass is 552 g/mol. The molecule has 2 aliphatic heterocycles. The molecule has 10 nitrogen and oxygen atoms in total. The van der Waals surface area contributed by atoms with Gasteiger partial charge in [-0.1, -0.05) is 13.8 Å². The van der Waals surface area contributed by atoms with Crippen molar-refractivity contribution in [2.24, 2.45) is 34.5 Å². The van der Waals surface area contributed by atoms with Crippen LogP contribution in [0.5, 0.6) is 0 Å². The summed E-state index contributed by atoms with van der Waals surface area (Å²) >= 11 is 0. The highest BCUT2D eigenvalue weighted by Gasteiger charge is 2.70. The first-order valence-electron chi connectivity index (χ1n) is 14.7. The van der Waals surface area contributed by atoms with Gasteiger partial charge in [0, 0.05) is 11.5 Å². The molecule has 0 aromatic heterocycles. The third-order valence-electron chi connectivity index (χ3n) is 12.2. The third-order valence-corrected chi connectivity index (χ3v) is 12.2. The third kappa shape index (κ3) is 4.00. The summed E-state index contributed by atoms with van der Waals surface area (Å²) in [4.78, 5) is 11.8. The number of aliphatic hydroxyl groups excluding tert-OH is 5. The minimum absolute atomic E-state index is 0.0543. The van der Waals surface area contributed by atoms with Gasteiger partial charge in [0.25, 0.3) is 0 Å². The summed E-state index contributed by atoms with van der Waals surface area (Å²) in [6.07, 6.45) is 0.134. The first-order chi connectivity index (χ1) is 18.4. The van der Waals surface area contributed by atoms with Crippen molar-refractivity contribution in [3.8, 4) is 0 Å².